The molecular weight excluding hydrogens is 334 g/mol. The van der Waals surface area contributed by atoms with Crippen molar-refractivity contribution in [3.63, 3.8) is 0 Å². The van der Waals surface area contributed by atoms with Crippen LogP contribution in [0.15, 0.2) is 36.4 Å². The number of anilines is 1. The molecule has 1 fully saturated rings. The third-order valence-electron chi connectivity index (χ3n) is 3.30. The van der Waals surface area contributed by atoms with E-state index in [-0.39, 0.29) is 17.2 Å². The second-order valence-electron chi connectivity index (χ2n) is 5.12. The van der Waals surface area contributed by atoms with E-state index in [2.05, 4.69) is 11.9 Å². The summed E-state index contributed by atoms with van der Waals surface area (Å²) < 4.78 is 0. The maximum Gasteiger partial charge on any atom is 0.265 e. The average molecular weight is 350 g/mol. The normalized spacial score (nSPS) is 16.6. The number of nitrogens with one attached hydrogen (secondary N) is 1. The maximum atomic E-state index is 12.4. The number of thiocarbonyl (C=S) groups is 1. The first-order valence-corrected chi connectivity index (χ1v) is 7.60. The number of amides is 2. The quantitative estimate of drug-likeness (QED) is 0.392. The van der Waals surface area contributed by atoms with E-state index in [1.807, 2.05) is 25.1 Å². The van der Waals surface area contributed by atoms with E-state index in [0.717, 1.165) is 5.69 Å². The molecule has 2 amide bonds. The number of rotatable bonds is 4. The SMILES string of the molecule is C=CCN1C(=O)C(=Cc2ccc(N(C)C)cc2Cl)C(=O)NC1=S. The van der Waals surface area contributed by atoms with E-state index in [9.17, 15) is 9.59 Å². The van der Waals surface area contributed by atoms with Gasteiger partial charge in [-0.25, -0.2) is 0 Å². The van der Waals surface area contributed by atoms with Crippen LogP contribution in [0.4, 0.5) is 5.69 Å². The topological polar surface area (TPSA) is 52.7 Å². The molecule has 1 aliphatic heterocycles. The highest BCUT2D eigenvalue weighted by Gasteiger charge is 2.32. The van der Waals surface area contributed by atoms with Gasteiger partial charge in [-0.3, -0.25) is 19.8 Å². The molecular formula is C16H16ClN3O2S. The van der Waals surface area contributed by atoms with Crippen LogP contribution in [0.25, 0.3) is 6.08 Å². The average Bonchev–Trinajstić information content (AvgIpc) is 2.49. The summed E-state index contributed by atoms with van der Waals surface area (Å²) in [6.45, 7) is 3.81. The van der Waals surface area contributed by atoms with Gasteiger partial charge in [-0.1, -0.05) is 23.7 Å². The molecule has 0 aliphatic carbocycles. The lowest BCUT2D eigenvalue weighted by Crippen LogP contribution is -2.53. The molecule has 0 aromatic heterocycles. The molecule has 1 aromatic rings. The second-order valence-corrected chi connectivity index (χ2v) is 5.92. The van der Waals surface area contributed by atoms with Gasteiger partial charge in [-0.05, 0) is 36.0 Å². The zero-order valence-electron chi connectivity index (χ0n) is 12.8. The Hall–Kier alpha value is -2.18. The van der Waals surface area contributed by atoms with E-state index in [1.165, 1.54) is 17.1 Å². The summed E-state index contributed by atoms with van der Waals surface area (Å²) in [5.41, 5.74) is 1.49. The third-order valence-corrected chi connectivity index (χ3v) is 3.95. The fourth-order valence-electron chi connectivity index (χ4n) is 2.06. The van der Waals surface area contributed by atoms with Crippen LogP contribution in [0, 0.1) is 0 Å². The van der Waals surface area contributed by atoms with Crippen LogP contribution in [-0.2, 0) is 9.59 Å². The predicted octanol–water partition coefficient (Wildman–Crippen LogP) is 2.22. The summed E-state index contributed by atoms with van der Waals surface area (Å²) in [4.78, 5) is 27.7. The van der Waals surface area contributed by atoms with Crippen molar-refractivity contribution in [1.82, 2.24) is 10.2 Å². The van der Waals surface area contributed by atoms with Gasteiger partial charge in [0, 0.05) is 31.4 Å². The Kier molecular flexibility index (Phi) is 5.18. The number of carbonyl (C=O) groups excluding carboxylic acids is 2. The minimum atomic E-state index is -0.534. The van der Waals surface area contributed by atoms with Gasteiger partial charge in [0.25, 0.3) is 11.8 Å². The van der Waals surface area contributed by atoms with Gasteiger partial charge >= 0.3 is 0 Å². The zero-order valence-corrected chi connectivity index (χ0v) is 14.4. The van der Waals surface area contributed by atoms with E-state index in [4.69, 9.17) is 23.8 Å². The molecule has 1 N–H and O–H groups in total. The summed E-state index contributed by atoms with van der Waals surface area (Å²) in [5, 5.41) is 3.02. The summed E-state index contributed by atoms with van der Waals surface area (Å²) in [6.07, 6.45) is 3.01. The number of carbonyl (C=O) groups is 2. The first kappa shape index (κ1) is 17.2. The van der Waals surface area contributed by atoms with E-state index in [0.29, 0.717) is 10.6 Å². The molecule has 1 heterocycles. The minimum absolute atomic E-state index is 0.0139. The van der Waals surface area contributed by atoms with Gasteiger partial charge in [-0.15, -0.1) is 6.58 Å². The smallest absolute Gasteiger partial charge is 0.265 e. The van der Waals surface area contributed by atoms with Crippen LogP contribution in [0.5, 0.6) is 0 Å². The van der Waals surface area contributed by atoms with Crippen LogP contribution in [0.3, 0.4) is 0 Å². The monoisotopic (exact) mass is 349 g/mol. The fraction of sp³-hybridized carbons (Fsp3) is 0.188. The lowest BCUT2D eigenvalue weighted by atomic mass is 10.1. The lowest BCUT2D eigenvalue weighted by molar-refractivity contribution is -0.128. The predicted molar refractivity (Wildman–Crippen MR) is 96.4 cm³/mol. The molecule has 0 radical (unpaired) electrons. The van der Waals surface area contributed by atoms with Gasteiger partial charge in [0.2, 0.25) is 0 Å². The molecule has 0 saturated carbocycles. The standard InChI is InChI=1S/C16H16ClN3O2S/c1-4-7-20-15(22)12(14(21)18-16(20)23)8-10-5-6-11(19(2)3)9-13(10)17/h4-6,8-9H,1,7H2,2-3H3,(H,18,21,23). The Bertz CT molecular complexity index is 728. The lowest BCUT2D eigenvalue weighted by Gasteiger charge is -2.27. The van der Waals surface area contributed by atoms with Crippen LogP contribution in [0.2, 0.25) is 5.02 Å². The Morgan fingerprint density at radius 3 is 2.65 bits per heavy atom. The number of halogens is 1. The Labute approximate surface area is 145 Å². The van der Waals surface area contributed by atoms with Crippen molar-refractivity contribution >= 4 is 52.5 Å². The Balaban J connectivity index is 2.41. The van der Waals surface area contributed by atoms with Crippen molar-refractivity contribution in [2.75, 3.05) is 25.5 Å². The maximum absolute atomic E-state index is 12.4. The highest BCUT2D eigenvalue weighted by Crippen LogP contribution is 2.25. The molecule has 7 heteroatoms. The molecule has 5 nitrogen and oxygen atoms in total. The second kappa shape index (κ2) is 6.93. The van der Waals surface area contributed by atoms with Crippen molar-refractivity contribution in [3.8, 4) is 0 Å². The highest BCUT2D eigenvalue weighted by molar-refractivity contribution is 7.80. The number of hydrogen-bond donors (Lipinski definition) is 1. The Morgan fingerprint density at radius 2 is 2.09 bits per heavy atom. The highest BCUT2D eigenvalue weighted by atomic mass is 35.5. The summed E-state index contributed by atoms with van der Waals surface area (Å²) >= 11 is 11.2. The molecule has 0 unspecified atom stereocenters. The molecule has 0 atom stereocenters. The largest absolute Gasteiger partial charge is 0.378 e. The summed E-state index contributed by atoms with van der Waals surface area (Å²) in [6, 6.07) is 5.39. The van der Waals surface area contributed by atoms with Crippen LogP contribution >= 0.6 is 23.8 Å². The molecule has 1 aromatic carbocycles. The van der Waals surface area contributed by atoms with Gasteiger partial charge in [0.05, 0.1) is 0 Å². The van der Waals surface area contributed by atoms with Crippen LogP contribution < -0.4 is 10.2 Å². The van der Waals surface area contributed by atoms with Crippen molar-refractivity contribution < 1.29 is 9.59 Å². The van der Waals surface area contributed by atoms with Gasteiger partial charge in [-0.2, -0.15) is 0 Å². The van der Waals surface area contributed by atoms with E-state index in [1.54, 1.807) is 12.1 Å². The summed E-state index contributed by atoms with van der Waals surface area (Å²) in [5.74, 6) is -1.00. The molecule has 120 valence electrons. The first-order chi connectivity index (χ1) is 10.8. The van der Waals surface area contributed by atoms with Crippen molar-refractivity contribution in [1.29, 1.82) is 0 Å². The third kappa shape index (κ3) is 3.60. The minimum Gasteiger partial charge on any atom is -0.378 e. The number of hydrogen-bond acceptors (Lipinski definition) is 4. The van der Waals surface area contributed by atoms with Crippen molar-refractivity contribution in [3.05, 3.63) is 47.0 Å². The molecule has 2 rings (SSSR count). The molecule has 23 heavy (non-hydrogen) atoms. The molecule has 1 saturated heterocycles. The molecule has 1 aliphatic rings. The number of benzene rings is 1. The van der Waals surface area contributed by atoms with Gasteiger partial charge in [0.15, 0.2) is 5.11 Å². The molecule has 0 spiro atoms. The van der Waals surface area contributed by atoms with Crippen LogP contribution in [-0.4, -0.2) is 42.5 Å². The van der Waals surface area contributed by atoms with Crippen LogP contribution in [0.1, 0.15) is 5.56 Å². The van der Waals surface area contributed by atoms with E-state index >= 15 is 0 Å². The van der Waals surface area contributed by atoms with Gasteiger partial charge < -0.3 is 4.90 Å². The van der Waals surface area contributed by atoms with Crippen molar-refractivity contribution in [2.24, 2.45) is 0 Å². The van der Waals surface area contributed by atoms with Crippen molar-refractivity contribution in [2.45, 2.75) is 0 Å². The summed E-state index contributed by atoms with van der Waals surface area (Å²) in [7, 11) is 3.80. The molecule has 0 bridgehead atoms. The van der Waals surface area contributed by atoms with E-state index < -0.39 is 11.8 Å². The number of nitrogens with zero attached hydrogens (tertiary/aromatic N) is 2. The zero-order chi connectivity index (χ0) is 17.1. The van der Waals surface area contributed by atoms with Gasteiger partial charge in [0.1, 0.15) is 5.57 Å². The fourth-order valence-corrected chi connectivity index (χ4v) is 2.54. The Morgan fingerprint density at radius 1 is 1.39 bits per heavy atom. The first-order valence-electron chi connectivity index (χ1n) is 6.81.